The third-order valence-corrected chi connectivity index (χ3v) is 3.88. The molecule has 0 fully saturated rings. The molecule has 8 heteroatoms. The molecule has 2 aromatic carbocycles. The summed E-state index contributed by atoms with van der Waals surface area (Å²) in [6.07, 6.45) is 1.50. The monoisotopic (exact) mass is 369 g/mol. The van der Waals surface area contributed by atoms with Crippen LogP contribution in [0, 0.1) is 6.92 Å². The van der Waals surface area contributed by atoms with E-state index in [0.717, 1.165) is 16.9 Å². The molecule has 0 bridgehead atoms. The van der Waals surface area contributed by atoms with Gasteiger partial charge in [-0.25, -0.2) is 5.43 Å². The molecule has 0 unspecified atom stereocenters. The van der Waals surface area contributed by atoms with E-state index in [0.29, 0.717) is 17.1 Å². The van der Waals surface area contributed by atoms with Gasteiger partial charge in [-0.2, -0.15) is 5.10 Å². The number of ether oxygens (including phenoxy) is 3. The first-order valence-electron chi connectivity index (χ1n) is 8.21. The minimum atomic E-state index is -0.445. The lowest BCUT2D eigenvalue weighted by molar-refractivity contribution is -0.120. The van der Waals surface area contributed by atoms with E-state index in [9.17, 15) is 9.59 Å². The fraction of sp³-hybridized carbons (Fsp3) is 0.211. The Kier molecular flexibility index (Phi) is 5.55. The van der Waals surface area contributed by atoms with Gasteiger partial charge in [-0.3, -0.25) is 9.59 Å². The van der Waals surface area contributed by atoms with Gasteiger partial charge < -0.3 is 19.5 Å². The summed E-state index contributed by atoms with van der Waals surface area (Å²) in [6, 6.07) is 10.4. The highest BCUT2D eigenvalue weighted by molar-refractivity contribution is 5.97. The predicted octanol–water partition coefficient (Wildman–Crippen LogP) is 1.61. The molecule has 2 aromatic rings. The number of benzene rings is 2. The van der Waals surface area contributed by atoms with Crippen LogP contribution >= 0.6 is 0 Å². The van der Waals surface area contributed by atoms with Crippen LogP contribution in [0.15, 0.2) is 41.5 Å². The highest BCUT2D eigenvalue weighted by Crippen LogP contribution is 2.32. The van der Waals surface area contributed by atoms with Crippen LogP contribution in [0.5, 0.6) is 17.2 Å². The van der Waals surface area contributed by atoms with Crippen molar-refractivity contribution < 1.29 is 23.8 Å². The summed E-state index contributed by atoms with van der Waals surface area (Å²) < 4.78 is 15.7. The Morgan fingerprint density at radius 1 is 1.19 bits per heavy atom. The Labute approximate surface area is 156 Å². The molecular formula is C19H19N3O5. The fourth-order valence-corrected chi connectivity index (χ4v) is 2.44. The number of methoxy groups -OCH3 is 1. The number of fused-ring (bicyclic) bond motifs is 1. The maximum Gasteiger partial charge on any atom is 0.259 e. The van der Waals surface area contributed by atoms with Crippen molar-refractivity contribution in [3.8, 4) is 17.2 Å². The first-order chi connectivity index (χ1) is 13.1. The van der Waals surface area contributed by atoms with Gasteiger partial charge in [0.2, 0.25) is 6.79 Å². The molecular weight excluding hydrogens is 350 g/mol. The van der Waals surface area contributed by atoms with Crippen molar-refractivity contribution in [2.45, 2.75) is 6.92 Å². The van der Waals surface area contributed by atoms with Gasteiger partial charge >= 0.3 is 0 Å². The molecule has 1 aliphatic heterocycles. The van der Waals surface area contributed by atoms with Crippen LogP contribution < -0.4 is 25.0 Å². The van der Waals surface area contributed by atoms with Gasteiger partial charge in [-0.1, -0.05) is 12.1 Å². The lowest BCUT2D eigenvalue weighted by Gasteiger charge is -2.06. The van der Waals surface area contributed by atoms with Crippen LogP contribution in [-0.2, 0) is 4.79 Å². The van der Waals surface area contributed by atoms with Gasteiger partial charge in [0.15, 0.2) is 11.5 Å². The maximum absolute atomic E-state index is 12.1. The number of hydrogen-bond acceptors (Lipinski definition) is 6. The van der Waals surface area contributed by atoms with Crippen LogP contribution in [0.4, 0.5) is 0 Å². The van der Waals surface area contributed by atoms with E-state index < -0.39 is 11.8 Å². The molecule has 0 saturated carbocycles. The van der Waals surface area contributed by atoms with Crippen LogP contribution in [0.3, 0.4) is 0 Å². The number of carbonyl (C=O) groups is 2. The van der Waals surface area contributed by atoms with Crippen molar-refractivity contribution in [3.05, 3.63) is 53.1 Å². The Balaban J connectivity index is 1.49. The standard InChI is InChI=1S/C19H19N3O5/c1-12-3-4-13(7-16(12)25-2)9-21-22-18(23)10-20-19(24)14-5-6-15-17(8-14)27-11-26-15/h3-9H,10-11H2,1-2H3,(H,20,24)(H,22,23). The molecule has 2 N–H and O–H groups in total. The van der Waals surface area contributed by atoms with Gasteiger partial charge in [0.25, 0.3) is 11.8 Å². The average molecular weight is 369 g/mol. The molecule has 2 amide bonds. The summed E-state index contributed by atoms with van der Waals surface area (Å²) in [7, 11) is 1.59. The zero-order valence-corrected chi connectivity index (χ0v) is 14.9. The van der Waals surface area contributed by atoms with E-state index in [1.807, 2.05) is 25.1 Å². The molecule has 27 heavy (non-hydrogen) atoms. The molecule has 1 heterocycles. The average Bonchev–Trinajstić information content (AvgIpc) is 3.15. The highest BCUT2D eigenvalue weighted by atomic mass is 16.7. The van der Waals surface area contributed by atoms with Crippen LogP contribution in [-0.4, -0.2) is 38.5 Å². The number of hydrazone groups is 1. The number of nitrogens with one attached hydrogen (secondary N) is 2. The molecule has 0 saturated heterocycles. The number of aryl methyl sites for hydroxylation is 1. The molecule has 0 aromatic heterocycles. The largest absolute Gasteiger partial charge is 0.496 e. The predicted molar refractivity (Wildman–Crippen MR) is 98.4 cm³/mol. The van der Waals surface area contributed by atoms with E-state index in [1.54, 1.807) is 25.3 Å². The Morgan fingerprint density at radius 3 is 2.81 bits per heavy atom. The smallest absolute Gasteiger partial charge is 0.259 e. The SMILES string of the molecule is COc1cc(C=NNC(=O)CNC(=O)c2ccc3c(c2)OCO3)ccc1C. The number of amides is 2. The lowest BCUT2D eigenvalue weighted by Crippen LogP contribution is -2.34. The van der Waals surface area contributed by atoms with E-state index in [1.165, 1.54) is 6.21 Å². The Hall–Kier alpha value is -3.55. The van der Waals surface area contributed by atoms with E-state index in [-0.39, 0.29) is 13.3 Å². The normalized spacial score (nSPS) is 12.1. The van der Waals surface area contributed by atoms with Crippen molar-refractivity contribution in [2.24, 2.45) is 5.10 Å². The Morgan fingerprint density at radius 2 is 2.00 bits per heavy atom. The number of hydrogen-bond donors (Lipinski definition) is 2. The summed E-state index contributed by atoms with van der Waals surface area (Å²) in [5, 5.41) is 6.40. The fourth-order valence-electron chi connectivity index (χ4n) is 2.44. The Bertz CT molecular complexity index is 895. The lowest BCUT2D eigenvalue weighted by atomic mass is 10.1. The van der Waals surface area contributed by atoms with Gasteiger partial charge in [-0.05, 0) is 42.3 Å². The molecule has 3 rings (SSSR count). The second-order valence-electron chi connectivity index (χ2n) is 5.77. The second kappa shape index (κ2) is 8.22. The van der Waals surface area contributed by atoms with Crippen LogP contribution in [0.25, 0.3) is 0 Å². The second-order valence-corrected chi connectivity index (χ2v) is 5.77. The minimum absolute atomic E-state index is 0.133. The van der Waals surface area contributed by atoms with Crippen molar-refractivity contribution in [1.82, 2.24) is 10.7 Å². The number of rotatable bonds is 6. The minimum Gasteiger partial charge on any atom is -0.496 e. The molecule has 0 radical (unpaired) electrons. The molecule has 0 aliphatic carbocycles. The molecule has 1 aliphatic rings. The van der Waals surface area contributed by atoms with Crippen LogP contribution in [0.2, 0.25) is 0 Å². The third kappa shape index (κ3) is 4.55. The van der Waals surface area contributed by atoms with Gasteiger partial charge in [-0.15, -0.1) is 0 Å². The van der Waals surface area contributed by atoms with Crippen LogP contribution in [0.1, 0.15) is 21.5 Å². The molecule has 0 atom stereocenters. The van der Waals surface area contributed by atoms with Gasteiger partial charge in [0.1, 0.15) is 5.75 Å². The van der Waals surface area contributed by atoms with Crippen molar-refractivity contribution in [3.63, 3.8) is 0 Å². The summed E-state index contributed by atoms with van der Waals surface area (Å²) in [5.74, 6) is 0.994. The van der Waals surface area contributed by atoms with Crippen molar-refractivity contribution in [1.29, 1.82) is 0 Å². The highest BCUT2D eigenvalue weighted by Gasteiger charge is 2.16. The first-order valence-corrected chi connectivity index (χ1v) is 8.21. The first kappa shape index (κ1) is 18.2. The number of nitrogens with zero attached hydrogens (tertiary/aromatic N) is 1. The van der Waals surface area contributed by atoms with E-state index in [2.05, 4.69) is 15.8 Å². The summed E-state index contributed by atoms with van der Waals surface area (Å²) >= 11 is 0. The molecule has 8 nitrogen and oxygen atoms in total. The quantitative estimate of drug-likeness (QED) is 0.595. The van der Waals surface area contributed by atoms with Gasteiger partial charge in [0.05, 0.1) is 19.9 Å². The summed E-state index contributed by atoms with van der Waals surface area (Å²) in [5.41, 5.74) is 4.52. The zero-order valence-electron chi connectivity index (χ0n) is 14.9. The van der Waals surface area contributed by atoms with Crippen molar-refractivity contribution >= 4 is 18.0 Å². The topological polar surface area (TPSA) is 98.2 Å². The molecule has 0 spiro atoms. The zero-order chi connectivity index (χ0) is 19.2. The van der Waals surface area contributed by atoms with E-state index in [4.69, 9.17) is 14.2 Å². The van der Waals surface area contributed by atoms with E-state index >= 15 is 0 Å². The summed E-state index contributed by atoms with van der Waals surface area (Å²) in [6.45, 7) is 1.86. The number of carbonyl (C=O) groups excluding carboxylic acids is 2. The molecule has 140 valence electrons. The summed E-state index contributed by atoms with van der Waals surface area (Å²) in [4.78, 5) is 23.9. The third-order valence-electron chi connectivity index (χ3n) is 3.88. The van der Waals surface area contributed by atoms with Crippen molar-refractivity contribution in [2.75, 3.05) is 20.4 Å². The van der Waals surface area contributed by atoms with Gasteiger partial charge in [0, 0.05) is 5.56 Å². The maximum atomic E-state index is 12.1.